The molecule has 6 rings (SSSR count). The van der Waals surface area contributed by atoms with Crippen LogP contribution in [-0.2, 0) is 22.7 Å². The molecule has 2 aromatic rings. The molecule has 4 heterocycles. The average Bonchev–Trinajstić information content (AvgIpc) is 3.57. The Morgan fingerprint density at radius 3 is 2.61 bits per heavy atom. The molecule has 4 aliphatic rings. The van der Waals surface area contributed by atoms with Gasteiger partial charge in [0.1, 0.15) is 18.4 Å². The molecule has 1 unspecified atom stereocenters. The van der Waals surface area contributed by atoms with Crippen molar-refractivity contribution in [3.05, 3.63) is 59.2 Å². The number of carbonyl (C=O) groups excluding carboxylic acids is 3. The summed E-state index contributed by atoms with van der Waals surface area (Å²) in [5, 5.41) is 2.36. The van der Waals surface area contributed by atoms with E-state index >= 15 is 0 Å². The maximum Gasteiger partial charge on any atom is 0.255 e. The number of benzene rings is 2. The number of imide groups is 1. The predicted octanol–water partition coefficient (Wildman–Crippen LogP) is 3.48. The number of nitrogens with zero attached hydrogens (tertiary/aromatic N) is 3. The fourth-order valence-corrected chi connectivity index (χ4v) is 6.35. The van der Waals surface area contributed by atoms with Crippen LogP contribution in [0.4, 0.5) is 5.69 Å². The number of fused-ring (bicyclic) bond motifs is 1. The summed E-state index contributed by atoms with van der Waals surface area (Å²) >= 11 is 0. The van der Waals surface area contributed by atoms with Crippen molar-refractivity contribution in [1.82, 2.24) is 15.1 Å². The zero-order chi connectivity index (χ0) is 26.1. The van der Waals surface area contributed by atoms with Gasteiger partial charge in [-0.3, -0.25) is 24.6 Å². The molecule has 3 saturated heterocycles. The van der Waals surface area contributed by atoms with Crippen LogP contribution in [0.5, 0.6) is 5.75 Å². The Morgan fingerprint density at radius 1 is 0.921 bits per heavy atom. The molecule has 4 aliphatic heterocycles. The van der Waals surface area contributed by atoms with E-state index in [0.29, 0.717) is 31.2 Å². The molecule has 8 heteroatoms. The van der Waals surface area contributed by atoms with Crippen LogP contribution in [0, 0.1) is 0 Å². The molecule has 2 atom stereocenters. The molecule has 0 radical (unpaired) electrons. The number of piperidine rings is 2. The summed E-state index contributed by atoms with van der Waals surface area (Å²) in [6.45, 7) is 5.27. The molecule has 0 spiro atoms. The van der Waals surface area contributed by atoms with E-state index in [1.165, 1.54) is 36.9 Å². The Balaban J connectivity index is 1.09. The van der Waals surface area contributed by atoms with Gasteiger partial charge in [0, 0.05) is 49.9 Å². The van der Waals surface area contributed by atoms with E-state index in [-0.39, 0.29) is 24.1 Å². The first-order valence-corrected chi connectivity index (χ1v) is 14.0. The van der Waals surface area contributed by atoms with Crippen molar-refractivity contribution in [3.8, 4) is 5.75 Å². The Morgan fingerprint density at radius 2 is 1.76 bits per heavy atom. The third-order valence-corrected chi connectivity index (χ3v) is 8.45. The minimum atomic E-state index is -0.600. The summed E-state index contributed by atoms with van der Waals surface area (Å²) in [6.07, 6.45) is 6.70. The van der Waals surface area contributed by atoms with Crippen molar-refractivity contribution in [1.29, 1.82) is 0 Å². The highest BCUT2D eigenvalue weighted by molar-refractivity contribution is 6.05. The van der Waals surface area contributed by atoms with Crippen LogP contribution in [0.1, 0.15) is 66.4 Å². The number of nitrogens with one attached hydrogen (secondary N) is 1. The molecular weight excluding hydrogens is 480 g/mol. The van der Waals surface area contributed by atoms with Crippen LogP contribution < -0.4 is 15.0 Å². The lowest BCUT2D eigenvalue weighted by Crippen LogP contribution is -2.52. The van der Waals surface area contributed by atoms with Gasteiger partial charge in [-0.05, 0) is 80.1 Å². The second kappa shape index (κ2) is 10.8. The molecule has 38 heavy (non-hydrogen) atoms. The molecule has 1 N–H and O–H groups in total. The van der Waals surface area contributed by atoms with Crippen LogP contribution in [0.2, 0.25) is 0 Å². The molecule has 200 valence electrons. The summed E-state index contributed by atoms with van der Waals surface area (Å²) in [6, 6.07) is 14.3. The molecule has 3 fully saturated rings. The lowest BCUT2D eigenvalue weighted by molar-refractivity contribution is -0.136. The number of carbonyl (C=O) groups is 3. The summed E-state index contributed by atoms with van der Waals surface area (Å²) in [5.41, 5.74) is 4.17. The molecular formula is C30H36N4O4. The number of hydrogen-bond donors (Lipinski definition) is 1. The highest BCUT2D eigenvalue weighted by Crippen LogP contribution is 2.31. The van der Waals surface area contributed by atoms with Crippen molar-refractivity contribution in [3.63, 3.8) is 0 Å². The third-order valence-electron chi connectivity index (χ3n) is 8.45. The van der Waals surface area contributed by atoms with Gasteiger partial charge >= 0.3 is 0 Å². The van der Waals surface area contributed by atoms with E-state index in [9.17, 15) is 14.4 Å². The maximum atomic E-state index is 13.0. The fraction of sp³-hybridized carbons (Fsp3) is 0.500. The fourth-order valence-electron chi connectivity index (χ4n) is 6.35. The number of anilines is 1. The third kappa shape index (κ3) is 5.14. The normalized spacial score (nSPS) is 24.1. The smallest absolute Gasteiger partial charge is 0.255 e. The predicted molar refractivity (Wildman–Crippen MR) is 144 cm³/mol. The van der Waals surface area contributed by atoms with Crippen LogP contribution in [0.15, 0.2) is 42.5 Å². The Labute approximate surface area is 223 Å². The molecule has 8 nitrogen and oxygen atoms in total. The highest BCUT2D eigenvalue weighted by atomic mass is 16.5. The second-order valence-corrected chi connectivity index (χ2v) is 11.0. The van der Waals surface area contributed by atoms with Crippen molar-refractivity contribution >= 4 is 23.4 Å². The van der Waals surface area contributed by atoms with E-state index in [1.54, 1.807) is 11.0 Å². The van der Waals surface area contributed by atoms with Gasteiger partial charge in [-0.2, -0.15) is 0 Å². The zero-order valence-electron chi connectivity index (χ0n) is 21.9. The summed E-state index contributed by atoms with van der Waals surface area (Å²) < 4.78 is 6.29. The minimum absolute atomic E-state index is 0.157. The van der Waals surface area contributed by atoms with Crippen molar-refractivity contribution in [2.24, 2.45) is 0 Å². The number of amides is 3. The standard InChI is InChI=1S/C30H36N4O4/c35-28-12-11-27(29(36)31-28)34-19-22-17-25(9-10-26(22)30(34)37)38-20-24-7-1-2-15-33(24)18-21-6-5-8-23(16-21)32-13-3-4-14-32/h5-6,8-10,16-17,24,27H,1-4,7,11-15,18-20H2,(H,31,35,36)/t24-,27?/m0/s1. The highest BCUT2D eigenvalue weighted by Gasteiger charge is 2.39. The van der Waals surface area contributed by atoms with E-state index in [4.69, 9.17) is 4.74 Å². The molecule has 0 aromatic heterocycles. The lowest BCUT2D eigenvalue weighted by Gasteiger charge is -2.35. The summed E-state index contributed by atoms with van der Waals surface area (Å²) in [7, 11) is 0. The van der Waals surface area contributed by atoms with Crippen molar-refractivity contribution < 1.29 is 19.1 Å². The van der Waals surface area contributed by atoms with Crippen LogP contribution in [-0.4, -0.2) is 65.8 Å². The molecule has 0 bridgehead atoms. The van der Waals surface area contributed by atoms with Gasteiger partial charge in [0.05, 0.1) is 0 Å². The summed E-state index contributed by atoms with van der Waals surface area (Å²) in [4.78, 5) is 43.4. The Bertz CT molecular complexity index is 1220. The quantitative estimate of drug-likeness (QED) is 0.568. The lowest BCUT2D eigenvalue weighted by atomic mass is 10.0. The van der Waals surface area contributed by atoms with Gasteiger partial charge in [-0.1, -0.05) is 18.6 Å². The van der Waals surface area contributed by atoms with Crippen LogP contribution in [0.3, 0.4) is 0 Å². The van der Waals surface area contributed by atoms with Gasteiger partial charge in [0.2, 0.25) is 11.8 Å². The average molecular weight is 517 g/mol. The van der Waals surface area contributed by atoms with Gasteiger partial charge in [-0.15, -0.1) is 0 Å². The zero-order valence-corrected chi connectivity index (χ0v) is 21.9. The van der Waals surface area contributed by atoms with Gasteiger partial charge < -0.3 is 14.5 Å². The number of likely N-dealkylation sites (tertiary alicyclic amines) is 1. The van der Waals surface area contributed by atoms with Crippen molar-refractivity contribution in [2.75, 3.05) is 31.1 Å². The van der Waals surface area contributed by atoms with Crippen molar-refractivity contribution in [2.45, 2.75) is 70.1 Å². The van der Waals surface area contributed by atoms with E-state index in [2.05, 4.69) is 39.4 Å². The maximum absolute atomic E-state index is 13.0. The Kier molecular flexibility index (Phi) is 7.06. The van der Waals surface area contributed by atoms with Gasteiger partial charge in [-0.25, -0.2) is 0 Å². The SMILES string of the molecule is O=C1CCC(N2Cc3cc(OC[C@@H]4CCCCN4Cc4cccc(N5CCCC5)c4)ccc3C2=O)C(=O)N1. The number of ether oxygens (including phenoxy) is 1. The van der Waals surface area contributed by atoms with E-state index in [1.807, 2.05) is 12.1 Å². The topological polar surface area (TPSA) is 82.2 Å². The molecule has 3 amide bonds. The first kappa shape index (κ1) is 24.9. The molecule has 0 aliphatic carbocycles. The van der Waals surface area contributed by atoms with Crippen LogP contribution >= 0.6 is 0 Å². The van der Waals surface area contributed by atoms with E-state index < -0.39 is 6.04 Å². The largest absolute Gasteiger partial charge is 0.492 e. The van der Waals surface area contributed by atoms with Crippen LogP contribution in [0.25, 0.3) is 0 Å². The minimum Gasteiger partial charge on any atom is -0.492 e. The monoisotopic (exact) mass is 516 g/mol. The van der Waals surface area contributed by atoms with Gasteiger partial charge in [0.25, 0.3) is 5.91 Å². The first-order valence-electron chi connectivity index (χ1n) is 14.0. The summed E-state index contributed by atoms with van der Waals surface area (Å²) in [5.74, 6) is -0.0664. The molecule has 2 aromatic carbocycles. The number of rotatable bonds is 7. The molecule has 0 saturated carbocycles. The van der Waals surface area contributed by atoms with Gasteiger partial charge in [0.15, 0.2) is 0 Å². The Hall–Kier alpha value is -3.39. The first-order chi connectivity index (χ1) is 18.5. The second-order valence-electron chi connectivity index (χ2n) is 11.0. The van der Waals surface area contributed by atoms with E-state index in [0.717, 1.165) is 43.9 Å². The number of hydrogen-bond acceptors (Lipinski definition) is 6.